The summed E-state index contributed by atoms with van der Waals surface area (Å²) in [5.74, 6) is 0.0168. The number of piperidine rings is 1. The van der Waals surface area contributed by atoms with Crippen molar-refractivity contribution in [1.82, 2.24) is 20.4 Å². The molecule has 2 aliphatic rings. The Balaban J connectivity index is 1.23. The van der Waals surface area contributed by atoms with Crippen LogP contribution in [0.2, 0.25) is 5.02 Å². The van der Waals surface area contributed by atoms with E-state index < -0.39 is 11.6 Å². The second kappa shape index (κ2) is 13.8. The minimum Gasteiger partial charge on any atom is -0.342 e. The lowest BCUT2D eigenvalue weighted by Gasteiger charge is -2.51. The highest BCUT2D eigenvalue weighted by molar-refractivity contribution is 6.30. The van der Waals surface area contributed by atoms with Crippen LogP contribution in [0.1, 0.15) is 51.0 Å². The van der Waals surface area contributed by atoms with Crippen LogP contribution in [0, 0.1) is 0 Å². The second-order valence-corrected chi connectivity index (χ2v) is 10.9. The maximum atomic E-state index is 13.5. The number of rotatable bonds is 11. The van der Waals surface area contributed by atoms with E-state index >= 15 is 0 Å². The molecule has 0 saturated carbocycles. The lowest BCUT2D eigenvalue weighted by atomic mass is 9.81. The zero-order chi connectivity index (χ0) is 27.7. The van der Waals surface area contributed by atoms with Crippen LogP contribution in [0.25, 0.3) is 0 Å². The third kappa shape index (κ3) is 7.51. The van der Waals surface area contributed by atoms with Crippen molar-refractivity contribution in [2.45, 2.75) is 63.5 Å². The second-order valence-electron chi connectivity index (χ2n) is 10.5. The predicted molar refractivity (Wildman–Crippen MR) is 155 cm³/mol. The van der Waals surface area contributed by atoms with Gasteiger partial charge < -0.3 is 25.8 Å². The summed E-state index contributed by atoms with van der Waals surface area (Å²) in [6.07, 6.45) is 5.11. The first-order valence-electron chi connectivity index (χ1n) is 14.1. The van der Waals surface area contributed by atoms with Gasteiger partial charge in [0.05, 0.1) is 0 Å². The van der Waals surface area contributed by atoms with Gasteiger partial charge in [0.2, 0.25) is 11.8 Å². The van der Waals surface area contributed by atoms with Crippen molar-refractivity contribution in [1.29, 1.82) is 0 Å². The number of carbonyl (C=O) groups is 3. The fraction of sp³-hybridized carbons (Fsp3) is 0.500. The first-order chi connectivity index (χ1) is 18.9. The summed E-state index contributed by atoms with van der Waals surface area (Å²) >= 11 is 5.95. The van der Waals surface area contributed by atoms with Crippen molar-refractivity contribution in [3.63, 3.8) is 0 Å². The highest BCUT2D eigenvalue weighted by atomic mass is 35.5. The summed E-state index contributed by atoms with van der Waals surface area (Å²) < 4.78 is 0. The van der Waals surface area contributed by atoms with Gasteiger partial charge in [0.25, 0.3) is 0 Å². The fourth-order valence-corrected chi connectivity index (χ4v) is 5.80. The lowest BCUT2D eigenvalue weighted by Crippen LogP contribution is -2.72. The van der Waals surface area contributed by atoms with Crippen LogP contribution in [0.5, 0.6) is 0 Å². The molecular formula is C30H40ClN5O3. The molecule has 2 aromatic carbocycles. The van der Waals surface area contributed by atoms with Crippen LogP contribution in [0.15, 0.2) is 54.6 Å². The van der Waals surface area contributed by atoms with Gasteiger partial charge in [-0.3, -0.25) is 9.59 Å². The topological polar surface area (TPSA) is 93.8 Å². The van der Waals surface area contributed by atoms with Crippen LogP contribution in [0.3, 0.4) is 0 Å². The van der Waals surface area contributed by atoms with E-state index in [0.717, 1.165) is 32.5 Å². The average Bonchev–Trinajstić information content (AvgIpc) is 2.94. The summed E-state index contributed by atoms with van der Waals surface area (Å²) in [5, 5.41) is 9.20. The third-order valence-corrected chi connectivity index (χ3v) is 8.02. The smallest absolute Gasteiger partial charge is 0.319 e. The van der Waals surface area contributed by atoms with Crippen LogP contribution in [-0.4, -0.2) is 71.9 Å². The first-order valence-corrected chi connectivity index (χ1v) is 14.5. The maximum absolute atomic E-state index is 13.5. The van der Waals surface area contributed by atoms with Crippen LogP contribution in [-0.2, 0) is 16.0 Å². The summed E-state index contributed by atoms with van der Waals surface area (Å²) in [6, 6.07) is 16.6. The quantitative estimate of drug-likeness (QED) is 0.358. The number of hydrogen-bond donors (Lipinski definition) is 3. The standard InChI is InChI=1S/C30H40ClN5O3/c1-2-18-36-27(37)26(13-6-7-17-32-29(39)33-25-12-8-11-24(31)22-25)34-28(38)30(36)15-20-35(21-16-30)19-14-23-9-4-3-5-10-23/h3-5,8-12,22,26H,2,6-7,13-21H2,1H3,(H,34,38)(H2,32,33,39)/t26-/m0/s1. The van der Waals surface area contributed by atoms with E-state index in [1.165, 1.54) is 5.56 Å². The van der Waals surface area contributed by atoms with Gasteiger partial charge in [-0.25, -0.2) is 4.79 Å². The van der Waals surface area contributed by atoms with Crippen molar-refractivity contribution >= 4 is 35.1 Å². The molecule has 2 aromatic rings. The van der Waals surface area contributed by atoms with Gasteiger partial charge in [-0.05, 0) is 68.7 Å². The minimum atomic E-state index is -0.743. The van der Waals surface area contributed by atoms with Gasteiger partial charge in [-0.1, -0.05) is 54.9 Å². The van der Waals surface area contributed by atoms with Gasteiger partial charge >= 0.3 is 6.03 Å². The molecule has 0 aromatic heterocycles. The van der Waals surface area contributed by atoms with E-state index in [0.29, 0.717) is 55.9 Å². The summed E-state index contributed by atoms with van der Waals surface area (Å²) in [5.41, 5.74) is 1.20. The Bertz CT molecular complexity index is 1120. The van der Waals surface area contributed by atoms with Gasteiger partial charge in [-0.15, -0.1) is 0 Å². The highest BCUT2D eigenvalue weighted by Gasteiger charge is 2.52. The fourth-order valence-electron chi connectivity index (χ4n) is 5.61. The first kappa shape index (κ1) is 28.9. The Morgan fingerprint density at radius 2 is 1.82 bits per heavy atom. The number of nitrogens with zero attached hydrogens (tertiary/aromatic N) is 2. The summed E-state index contributed by atoms with van der Waals surface area (Å²) in [7, 11) is 0. The number of nitrogens with one attached hydrogen (secondary N) is 3. The molecule has 2 aliphatic heterocycles. The molecule has 2 saturated heterocycles. The Labute approximate surface area is 236 Å². The Hall–Kier alpha value is -3.10. The normalized spacial score (nSPS) is 19.1. The molecule has 0 radical (unpaired) electrons. The number of likely N-dealkylation sites (tertiary alicyclic amines) is 1. The lowest BCUT2D eigenvalue weighted by molar-refractivity contribution is -0.161. The predicted octanol–water partition coefficient (Wildman–Crippen LogP) is 4.45. The largest absolute Gasteiger partial charge is 0.342 e. The van der Waals surface area contributed by atoms with Crippen molar-refractivity contribution in [2.75, 3.05) is 38.0 Å². The van der Waals surface area contributed by atoms with Crippen LogP contribution < -0.4 is 16.0 Å². The van der Waals surface area contributed by atoms with Gasteiger partial charge in [0, 0.05) is 43.4 Å². The Morgan fingerprint density at radius 1 is 1.05 bits per heavy atom. The van der Waals surface area contributed by atoms with Crippen molar-refractivity contribution < 1.29 is 14.4 Å². The zero-order valence-corrected chi connectivity index (χ0v) is 23.5. The number of benzene rings is 2. The Kier molecular flexibility index (Phi) is 10.2. The van der Waals surface area contributed by atoms with Crippen molar-refractivity contribution in [3.8, 4) is 0 Å². The van der Waals surface area contributed by atoms with Crippen LogP contribution >= 0.6 is 11.6 Å². The Morgan fingerprint density at radius 3 is 2.54 bits per heavy atom. The molecule has 8 nitrogen and oxygen atoms in total. The number of halogens is 1. The number of piperazine rings is 1. The van der Waals surface area contributed by atoms with E-state index in [1.54, 1.807) is 24.3 Å². The molecule has 0 bridgehead atoms. The molecule has 1 spiro atoms. The van der Waals surface area contributed by atoms with E-state index in [4.69, 9.17) is 11.6 Å². The van der Waals surface area contributed by atoms with Crippen LogP contribution in [0.4, 0.5) is 10.5 Å². The maximum Gasteiger partial charge on any atom is 0.319 e. The minimum absolute atomic E-state index is 0.0118. The molecule has 2 fully saturated rings. The van der Waals surface area contributed by atoms with E-state index in [1.807, 2.05) is 11.0 Å². The van der Waals surface area contributed by atoms with Gasteiger partial charge in [0.1, 0.15) is 11.6 Å². The molecule has 1 atom stereocenters. The molecule has 2 heterocycles. The molecule has 4 amide bonds. The third-order valence-electron chi connectivity index (χ3n) is 7.79. The van der Waals surface area contributed by atoms with E-state index in [9.17, 15) is 14.4 Å². The molecule has 0 unspecified atom stereocenters. The van der Waals surface area contributed by atoms with Gasteiger partial charge in [-0.2, -0.15) is 0 Å². The zero-order valence-electron chi connectivity index (χ0n) is 22.8. The number of hydrogen-bond acceptors (Lipinski definition) is 4. The molecule has 210 valence electrons. The van der Waals surface area contributed by atoms with Gasteiger partial charge in [0.15, 0.2) is 0 Å². The number of carbonyl (C=O) groups excluding carboxylic acids is 3. The summed E-state index contributed by atoms with van der Waals surface area (Å²) in [4.78, 5) is 43.4. The average molecular weight is 554 g/mol. The monoisotopic (exact) mass is 553 g/mol. The molecule has 39 heavy (non-hydrogen) atoms. The molecule has 9 heteroatoms. The molecule has 0 aliphatic carbocycles. The molecular weight excluding hydrogens is 514 g/mol. The molecule has 4 rings (SSSR count). The van der Waals surface area contributed by atoms with Crippen molar-refractivity contribution in [3.05, 3.63) is 65.2 Å². The van der Waals surface area contributed by atoms with E-state index in [-0.39, 0.29) is 17.8 Å². The SMILES string of the molecule is CCCN1C(=O)[C@H](CCCCNC(=O)Nc2cccc(Cl)c2)NC(=O)C12CCN(CCc1ccccc1)CC2. The van der Waals surface area contributed by atoms with Crippen molar-refractivity contribution in [2.24, 2.45) is 0 Å². The number of urea groups is 1. The number of anilines is 1. The molecule has 3 N–H and O–H groups in total. The van der Waals surface area contributed by atoms with E-state index in [2.05, 4.69) is 52.0 Å². The number of unbranched alkanes of at least 4 members (excludes halogenated alkanes) is 1. The number of amides is 4. The highest BCUT2D eigenvalue weighted by Crippen LogP contribution is 2.34. The summed E-state index contributed by atoms with van der Waals surface area (Å²) in [6.45, 7) is 5.69.